The second kappa shape index (κ2) is 4.63. The molecule has 0 atom stereocenters. The summed E-state index contributed by atoms with van der Waals surface area (Å²) in [5.74, 6) is -1.20. The van der Waals surface area contributed by atoms with Crippen molar-refractivity contribution in [1.82, 2.24) is 0 Å². The SMILES string of the molecule is N#Cc1c(S)ccc(CC(=O)O)c1[N+](=O)[O-]. The number of nitro groups is 1. The zero-order valence-electron chi connectivity index (χ0n) is 7.88. The Morgan fingerprint density at radius 1 is 1.62 bits per heavy atom. The Morgan fingerprint density at radius 2 is 2.25 bits per heavy atom. The molecule has 0 aromatic heterocycles. The third kappa shape index (κ3) is 2.29. The second-order valence-corrected chi connectivity index (χ2v) is 3.39. The van der Waals surface area contributed by atoms with Gasteiger partial charge in [-0.2, -0.15) is 5.26 Å². The highest BCUT2D eigenvalue weighted by Crippen LogP contribution is 2.28. The van der Waals surface area contributed by atoms with E-state index in [1.807, 2.05) is 0 Å². The fourth-order valence-corrected chi connectivity index (χ4v) is 1.48. The summed E-state index contributed by atoms with van der Waals surface area (Å²) in [5.41, 5.74) is -0.712. The summed E-state index contributed by atoms with van der Waals surface area (Å²) in [6, 6.07) is 4.30. The van der Waals surface area contributed by atoms with E-state index >= 15 is 0 Å². The molecule has 0 saturated carbocycles. The third-order valence-electron chi connectivity index (χ3n) is 1.88. The van der Waals surface area contributed by atoms with Crippen LogP contribution in [0, 0.1) is 21.4 Å². The normalized spacial score (nSPS) is 9.50. The molecule has 0 aliphatic rings. The largest absolute Gasteiger partial charge is 0.481 e. The summed E-state index contributed by atoms with van der Waals surface area (Å²) in [4.78, 5) is 20.7. The smallest absolute Gasteiger partial charge is 0.308 e. The Balaban J connectivity index is 3.46. The molecule has 0 unspecified atom stereocenters. The van der Waals surface area contributed by atoms with Gasteiger partial charge in [0.2, 0.25) is 0 Å². The minimum Gasteiger partial charge on any atom is -0.481 e. The number of carboxylic acids is 1. The molecule has 7 heteroatoms. The Bertz CT molecular complexity index is 507. The van der Waals surface area contributed by atoms with Crippen LogP contribution in [-0.2, 0) is 11.2 Å². The molecule has 0 fully saturated rings. The fourth-order valence-electron chi connectivity index (χ4n) is 1.25. The van der Waals surface area contributed by atoms with Crippen molar-refractivity contribution in [2.45, 2.75) is 11.3 Å². The van der Waals surface area contributed by atoms with Gasteiger partial charge in [0.1, 0.15) is 11.6 Å². The summed E-state index contributed by atoms with van der Waals surface area (Å²) in [6.07, 6.45) is -0.501. The first-order valence-electron chi connectivity index (χ1n) is 4.08. The number of carboxylic acid groups (broad SMARTS) is 1. The monoisotopic (exact) mass is 238 g/mol. The molecule has 0 heterocycles. The van der Waals surface area contributed by atoms with Crippen molar-refractivity contribution in [3.63, 3.8) is 0 Å². The van der Waals surface area contributed by atoms with E-state index in [0.29, 0.717) is 0 Å². The number of carbonyl (C=O) groups is 1. The Hall–Kier alpha value is -2.07. The number of aliphatic carboxylic acids is 1. The van der Waals surface area contributed by atoms with Gasteiger partial charge in [-0.05, 0) is 6.07 Å². The molecule has 0 bridgehead atoms. The zero-order chi connectivity index (χ0) is 12.3. The van der Waals surface area contributed by atoms with E-state index in [2.05, 4.69) is 12.6 Å². The van der Waals surface area contributed by atoms with Crippen molar-refractivity contribution in [3.8, 4) is 6.07 Å². The molecular formula is C9H6N2O4S. The van der Waals surface area contributed by atoms with Gasteiger partial charge >= 0.3 is 5.97 Å². The Morgan fingerprint density at radius 3 is 2.69 bits per heavy atom. The molecule has 0 spiro atoms. The van der Waals surface area contributed by atoms with Gasteiger partial charge in [0.05, 0.1) is 11.3 Å². The van der Waals surface area contributed by atoms with Crippen LogP contribution in [0.25, 0.3) is 0 Å². The van der Waals surface area contributed by atoms with Crippen LogP contribution in [0.5, 0.6) is 0 Å². The van der Waals surface area contributed by atoms with Gasteiger partial charge in [-0.1, -0.05) is 6.07 Å². The molecule has 0 radical (unpaired) electrons. The van der Waals surface area contributed by atoms with Crippen LogP contribution in [0.3, 0.4) is 0 Å². The summed E-state index contributed by atoms with van der Waals surface area (Å²) in [5, 5.41) is 28.1. The van der Waals surface area contributed by atoms with Crippen LogP contribution in [-0.4, -0.2) is 16.0 Å². The maximum atomic E-state index is 10.8. The number of thiol groups is 1. The lowest BCUT2D eigenvalue weighted by atomic mass is 10.1. The molecule has 1 rings (SSSR count). The molecule has 6 nitrogen and oxygen atoms in total. The number of nitrogens with zero attached hydrogens (tertiary/aromatic N) is 2. The average Bonchev–Trinajstić information content (AvgIpc) is 2.18. The van der Waals surface area contributed by atoms with Crippen molar-refractivity contribution in [2.75, 3.05) is 0 Å². The molecule has 16 heavy (non-hydrogen) atoms. The first-order valence-corrected chi connectivity index (χ1v) is 4.53. The highest BCUT2D eigenvalue weighted by Gasteiger charge is 2.23. The second-order valence-electron chi connectivity index (χ2n) is 2.91. The van der Waals surface area contributed by atoms with Crippen LogP contribution >= 0.6 is 12.6 Å². The van der Waals surface area contributed by atoms with Crippen LogP contribution in [0.4, 0.5) is 5.69 Å². The predicted octanol–water partition coefficient (Wildman–Crippen LogP) is 1.38. The summed E-state index contributed by atoms with van der Waals surface area (Å²) in [6.45, 7) is 0. The molecular weight excluding hydrogens is 232 g/mol. The number of rotatable bonds is 3. The van der Waals surface area contributed by atoms with Crippen molar-refractivity contribution >= 4 is 24.3 Å². The molecule has 0 saturated heterocycles. The van der Waals surface area contributed by atoms with Crippen molar-refractivity contribution in [1.29, 1.82) is 5.26 Å². The number of hydrogen-bond acceptors (Lipinski definition) is 5. The van der Waals surface area contributed by atoms with E-state index in [-0.39, 0.29) is 16.0 Å². The molecule has 1 aromatic rings. The van der Waals surface area contributed by atoms with Gasteiger partial charge in [0, 0.05) is 10.5 Å². The van der Waals surface area contributed by atoms with Gasteiger partial charge < -0.3 is 5.11 Å². The minimum absolute atomic E-state index is 0.00755. The van der Waals surface area contributed by atoms with Gasteiger partial charge in [-0.3, -0.25) is 14.9 Å². The van der Waals surface area contributed by atoms with Crippen LogP contribution in [0.15, 0.2) is 17.0 Å². The molecule has 0 amide bonds. The minimum atomic E-state index is -1.20. The highest BCUT2D eigenvalue weighted by molar-refractivity contribution is 7.80. The van der Waals surface area contributed by atoms with Crippen molar-refractivity contribution < 1.29 is 14.8 Å². The lowest BCUT2D eigenvalue weighted by molar-refractivity contribution is -0.386. The fraction of sp³-hybridized carbons (Fsp3) is 0.111. The predicted molar refractivity (Wildman–Crippen MR) is 56.4 cm³/mol. The number of hydrogen-bond donors (Lipinski definition) is 2. The van der Waals surface area contributed by atoms with Crippen LogP contribution < -0.4 is 0 Å². The standard InChI is InChI=1S/C9H6N2O4S/c10-4-6-7(16)2-1-5(3-8(12)13)9(6)11(14)15/h1-2,16H,3H2,(H,12,13). The van der Waals surface area contributed by atoms with E-state index in [4.69, 9.17) is 10.4 Å². The van der Waals surface area contributed by atoms with Gasteiger partial charge in [-0.15, -0.1) is 12.6 Å². The molecule has 82 valence electrons. The van der Waals surface area contributed by atoms with E-state index in [9.17, 15) is 14.9 Å². The van der Waals surface area contributed by atoms with E-state index < -0.39 is 23.0 Å². The molecule has 1 aromatic carbocycles. The number of nitro benzene ring substituents is 1. The van der Waals surface area contributed by atoms with Gasteiger partial charge in [-0.25, -0.2) is 0 Å². The van der Waals surface area contributed by atoms with E-state index in [1.165, 1.54) is 12.1 Å². The third-order valence-corrected chi connectivity index (χ3v) is 2.25. The number of benzene rings is 1. The highest BCUT2D eigenvalue weighted by atomic mass is 32.1. The zero-order valence-corrected chi connectivity index (χ0v) is 8.77. The maximum Gasteiger partial charge on any atom is 0.308 e. The lowest BCUT2D eigenvalue weighted by Crippen LogP contribution is -2.05. The van der Waals surface area contributed by atoms with Crippen LogP contribution in [0.1, 0.15) is 11.1 Å². The van der Waals surface area contributed by atoms with E-state index in [0.717, 1.165) is 0 Å². The Labute approximate surface area is 95.7 Å². The van der Waals surface area contributed by atoms with Gasteiger partial charge in [0.25, 0.3) is 5.69 Å². The Kier molecular flexibility index (Phi) is 3.48. The van der Waals surface area contributed by atoms with Crippen molar-refractivity contribution in [3.05, 3.63) is 33.4 Å². The summed E-state index contributed by atoms with van der Waals surface area (Å²) >= 11 is 3.91. The lowest BCUT2D eigenvalue weighted by Gasteiger charge is -2.03. The van der Waals surface area contributed by atoms with Crippen LogP contribution in [0.2, 0.25) is 0 Å². The van der Waals surface area contributed by atoms with Gasteiger partial charge in [0.15, 0.2) is 0 Å². The van der Waals surface area contributed by atoms with Crippen molar-refractivity contribution in [2.24, 2.45) is 0 Å². The summed E-state index contributed by atoms with van der Waals surface area (Å²) in [7, 11) is 0. The van der Waals surface area contributed by atoms with E-state index in [1.54, 1.807) is 6.07 Å². The maximum absolute atomic E-state index is 10.8. The molecule has 1 N–H and O–H groups in total. The quantitative estimate of drug-likeness (QED) is 0.470. The first-order chi connectivity index (χ1) is 7.47. The molecule has 0 aliphatic heterocycles. The number of nitriles is 1. The summed E-state index contributed by atoms with van der Waals surface area (Å²) < 4.78 is 0. The first kappa shape index (κ1) is 12.0. The topological polar surface area (TPSA) is 104 Å². The average molecular weight is 238 g/mol. The molecule has 0 aliphatic carbocycles.